The standard InChI is InChI=1S/C18H18FNO3/c1-2-22-16-11-7-6-10-15(16)18(12-19)13-20(17(21)23-18)14-8-4-3-5-9-14/h3-11H,2,12-13H2,1H3/t18-/m0/s1. The maximum Gasteiger partial charge on any atom is 0.415 e. The molecule has 23 heavy (non-hydrogen) atoms. The predicted molar refractivity (Wildman–Crippen MR) is 85.5 cm³/mol. The number of para-hydroxylation sites is 2. The molecule has 4 nitrogen and oxygen atoms in total. The van der Waals surface area contributed by atoms with Crippen molar-refractivity contribution in [2.45, 2.75) is 12.5 Å². The summed E-state index contributed by atoms with van der Waals surface area (Å²) < 4.78 is 25.0. The summed E-state index contributed by atoms with van der Waals surface area (Å²) in [7, 11) is 0. The lowest BCUT2D eigenvalue weighted by Gasteiger charge is -2.26. The molecule has 0 spiro atoms. The van der Waals surface area contributed by atoms with Crippen LogP contribution in [0.15, 0.2) is 54.6 Å². The quantitative estimate of drug-likeness (QED) is 0.840. The molecule has 3 rings (SSSR count). The Balaban J connectivity index is 1.99. The Morgan fingerprint density at radius 3 is 2.57 bits per heavy atom. The number of halogens is 1. The number of alkyl halides is 1. The van der Waals surface area contributed by atoms with Crippen molar-refractivity contribution in [2.75, 3.05) is 24.7 Å². The average Bonchev–Trinajstić information content (AvgIpc) is 2.94. The Bertz CT molecular complexity index is 692. The number of nitrogens with zero attached hydrogens (tertiary/aromatic N) is 1. The number of hydrogen-bond acceptors (Lipinski definition) is 3. The molecule has 1 amide bonds. The third-order valence-electron chi connectivity index (χ3n) is 3.88. The molecule has 0 aliphatic carbocycles. The van der Waals surface area contributed by atoms with E-state index in [1.54, 1.807) is 30.3 Å². The zero-order chi connectivity index (χ0) is 16.3. The van der Waals surface area contributed by atoms with Crippen LogP contribution >= 0.6 is 0 Å². The fourth-order valence-corrected chi connectivity index (χ4v) is 2.79. The van der Waals surface area contributed by atoms with Gasteiger partial charge in [0.05, 0.1) is 13.2 Å². The van der Waals surface area contributed by atoms with Gasteiger partial charge in [-0.05, 0) is 25.1 Å². The summed E-state index contributed by atoms with van der Waals surface area (Å²) in [6, 6.07) is 16.2. The van der Waals surface area contributed by atoms with Crippen LogP contribution < -0.4 is 9.64 Å². The fourth-order valence-electron chi connectivity index (χ4n) is 2.79. The van der Waals surface area contributed by atoms with Crippen LogP contribution in [-0.2, 0) is 10.3 Å². The summed E-state index contributed by atoms with van der Waals surface area (Å²) in [5.41, 5.74) is -0.114. The Hall–Kier alpha value is -2.56. The normalized spacial score (nSPS) is 20.4. The molecule has 120 valence electrons. The van der Waals surface area contributed by atoms with Crippen LogP contribution in [-0.4, -0.2) is 25.9 Å². The summed E-state index contributed by atoms with van der Waals surface area (Å²) in [6.45, 7) is 1.61. The van der Waals surface area contributed by atoms with Crippen molar-refractivity contribution in [2.24, 2.45) is 0 Å². The van der Waals surface area contributed by atoms with Crippen LogP contribution in [0.3, 0.4) is 0 Å². The Labute approximate surface area is 134 Å². The number of cyclic esters (lactones) is 1. The molecule has 2 aromatic carbocycles. The molecule has 1 fully saturated rings. The van der Waals surface area contributed by atoms with Gasteiger partial charge >= 0.3 is 6.09 Å². The van der Waals surface area contributed by atoms with Gasteiger partial charge in [0, 0.05) is 11.3 Å². The van der Waals surface area contributed by atoms with Gasteiger partial charge in [0.1, 0.15) is 12.4 Å². The molecule has 1 aliphatic heterocycles. The molecule has 0 N–H and O–H groups in total. The molecule has 1 heterocycles. The van der Waals surface area contributed by atoms with Crippen molar-refractivity contribution >= 4 is 11.8 Å². The van der Waals surface area contributed by atoms with Crippen LogP contribution in [0.4, 0.5) is 14.9 Å². The number of benzene rings is 2. The highest BCUT2D eigenvalue weighted by atomic mass is 19.1. The molecule has 5 heteroatoms. The number of rotatable bonds is 5. The van der Waals surface area contributed by atoms with E-state index in [-0.39, 0.29) is 6.54 Å². The fraction of sp³-hybridized carbons (Fsp3) is 0.278. The second-order valence-corrected chi connectivity index (χ2v) is 5.35. The van der Waals surface area contributed by atoms with E-state index in [0.717, 1.165) is 0 Å². The number of anilines is 1. The SMILES string of the molecule is CCOc1ccccc1[C@]1(CF)CN(c2ccccc2)C(=O)O1. The summed E-state index contributed by atoms with van der Waals surface area (Å²) in [5.74, 6) is 0.537. The summed E-state index contributed by atoms with van der Waals surface area (Å²) in [5, 5.41) is 0. The molecule has 0 aromatic heterocycles. The van der Waals surface area contributed by atoms with Gasteiger partial charge in [-0.1, -0.05) is 36.4 Å². The molecule has 0 radical (unpaired) electrons. The van der Waals surface area contributed by atoms with E-state index in [0.29, 0.717) is 23.6 Å². The zero-order valence-corrected chi connectivity index (χ0v) is 12.9. The Kier molecular flexibility index (Phi) is 4.19. The minimum atomic E-state index is -1.35. The van der Waals surface area contributed by atoms with Crippen molar-refractivity contribution in [1.82, 2.24) is 0 Å². The predicted octanol–water partition coefficient (Wildman–Crippen LogP) is 3.91. The summed E-state index contributed by atoms with van der Waals surface area (Å²) >= 11 is 0. The topological polar surface area (TPSA) is 38.8 Å². The molecular weight excluding hydrogens is 297 g/mol. The third kappa shape index (κ3) is 2.74. The van der Waals surface area contributed by atoms with Crippen molar-refractivity contribution in [3.63, 3.8) is 0 Å². The van der Waals surface area contributed by atoms with Gasteiger partial charge in [0.25, 0.3) is 0 Å². The van der Waals surface area contributed by atoms with Crippen molar-refractivity contribution in [1.29, 1.82) is 0 Å². The molecular formula is C18H18FNO3. The first-order chi connectivity index (χ1) is 11.2. The first-order valence-electron chi connectivity index (χ1n) is 7.54. The van der Waals surface area contributed by atoms with Crippen molar-refractivity contribution < 1.29 is 18.7 Å². The minimum Gasteiger partial charge on any atom is -0.493 e. The van der Waals surface area contributed by atoms with Gasteiger partial charge in [-0.25, -0.2) is 9.18 Å². The van der Waals surface area contributed by atoms with E-state index in [4.69, 9.17) is 9.47 Å². The lowest BCUT2D eigenvalue weighted by Crippen LogP contribution is -2.34. The highest BCUT2D eigenvalue weighted by molar-refractivity contribution is 5.90. The van der Waals surface area contributed by atoms with Crippen LogP contribution in [0.5, 0.6) is 5.75 Å². The van der Waals surface area contributed by atoms with Gasteiger partial charge in [0.15, 0.2) is 5.60 Å². The van der Waals surface area contributed by atoms with Gasteiger partial charge < -0.3 is 9.47 Å². The van der Waals surface area contributed by atoms with Crippen LogP contribution in [0.25, 0.3) is 0 Å². The van der Waals surface area contributed by atoms with Gasteiger partial charge in [-0.15, -0.1) is 0 Å². The smallest absolute Gasteiger partial charge is 0.415 e. The van der Waals surface area contributed by atoms with Crippen molar-refractivity contribution in [3.05, 3.63) is 60.2 Å². The number of ether oxygens (including phenoxy) is 2. The molecule has 0 saturated carbocycles. The maximum absolute atomic E-state index is 14.0. The van der Waals surface area contributed by atoms with E-state index in [1.165, 1.54) is 4.90 Å². The Morgan fingerprint density at radius 1 is 1.17 bits per heavy atom. The van der Waals surface area contributed by atoms with E-state index in [9.17, 15) is 9.18 Å². The molecule has 1 saturated heterocycles. The average molecular weight is 315 g/mol. The van der Waals surface area contributed by atoms with E-state index in [2.05, 4.69) is 0 Å². The largest absolute Gasteiger partial charge is 0.493 e. The lowest BCUT2D eigenvalue weighted by atomic mass is 9.94. The Morgan fingerprint density at radius 2 is 1.87 bits per heavy atom. The third-order valence-corrected chi connectivity index (χ3v) is 3.88. The van der Waals surface area contributed by atoms with Gasteiger partial charge in [-0.2, -0.15) is 0 Å². The van der Waals surface area contributed by atoms with Gasteiger partial charge in [0.2, 0.25) is 0 Å². The van der Waals surface area contributed by atoms with Crippen LogP contribution in [0, 0.1) is 0 Å². The first kappa shape index (κ1) is 15.3. The minimum absolute atomic E-state index is 0.108. The molecule has 1 aliphatic rings. The maximum atomic E-state index is 14.0. The van der Waals surface area contributed by atoms with Crippen LogP contribution in [0.2, 0.25) is 0 Å². The molecule has 0 bridgehead atoms. The number of hydrogen-bond donors (Lipinski definition) is 0. The first-order valence-corrected chi connectivity index (χ1v) is 7.54. The second kappa shape index (κ2) is 6.28. The van der Waals surface area contributed by atoms with E-state index >= 15 is 0 Å². The molecule has 2 aromatic rings. The van der Waals surface area contributed by atoms with E-state index in [1.807, 2.05) is 31.2 Å². The molecule has 0 unspecified atom stereocenters. The number of amides is 1. The monoisotopic (exact) mass is 315 g/mol. The second-order valence-electron chi connectivity index (χ2n) is 5.35. The number of carbonyl (C=O) groups is 1. The van der Waals surface area contributed by atoms with Crippen molar-refractivity contribution in [3.8, 4) is 5.75 Å². The highest BCUT2D eigenvalue weighted by Crippen LogP contribution is 2.40. The number of carbonyl (C=O) groups excluding carboxylic acids is 1. The summed E-state index contributed by atoms with van der Waals surface area (Å²) in [6.07, 6.45) is -0.555. The molecule has 1 atom stereocenters. The van der Waals surface area contributed by atoms with Crippen LogP contribution in [0.1, 0.15) is 12.5 Å². The van der Waals surface area contributed by atoms with Gasteiger partial charge in [-0.3, -0.25) is 4.90 Å². The summed E-state index contributed by atoms with van der Waals surface area (Å²) in [4.78, 5) is 13.7. The van der Waals surface area contributed by atoms with E-state index < -0.39 is 18.4 Å². The zero-order valence-electron chi connectivity index (χ0n) is 12.9. The highest BCUT2D eigenvalue weighted by Gasteiger charge is 2.49. The lowest BCUT2D eigenvalue weighted by molar-refractivity contribution is 0.0301.